The van der Waals surface area contributed by atoms with E-state index in [4.69, 9.17) is 11.6 Å². The van der Waals surface area contributed by atoms with Gasteiger partial charge in [0.05, 0.1) is 10.6 Å². The Morgan fingerprint density at radius 2 is 1.40 bits per heavy atom. The molecule has 1 atom stereocenters. The molecule has 0 bridgehead atoms. The Kier molecular flexibility index (Phi) is 10.8. The van der Waals surface area contributed by atoms with E-state index in [1.807, 2.05) is 43.3 Å². The van der Waals surface area contributed by atoms with Gasteiger partial charge in [0, 0.05) is 24.5 Å². The van der Waals surface area contributed by atoms with Crippen molar-refractivity contribution in [3.05, 3.63) is 131 Å². The lowest BCUT2D eigenvalue weighted by Gasteiger charge is -2.34. The van der Waals surface area contributed by atoms with Gasteiger partial charge in [-0.25, -0.2) is 8.42 Å². The average molecular weight is 604 g/mol. The van der Waals surface area contributed by atoms with Crippen LogP contribution in [0.2, 0.25) is 5.02 Å². The van der Waals surface area contributed by atoms with Gasteiger partial charge in [-0.15, -0.1) is 0 Å². The number of benzene rings is 4. The number of halogens is 1. The topological polar surface area (TPSA) is 86.8 Å². The van der Waals surface area contributed by atoms with Crippen LogP contribution in [0.4, 0.5) is 5.69 Å². The first-order valence-corrected chi connectivity index (χ1v) is 15.6. The van der Waals surface area contributed by atoms with Gasteiger partial charge in [-0.05, 0) is 53.9 Å². The van der Waals surface area contributed by atoms with Crippen LogP contribution in [0, 0.1) is 0 Å². The highest BCUT2D eigenvalue weighted by Crippen LogP contribution is 2.25. The first kappa shape index (κ1) is 30.8. The van der Waals surface area contributed by atoms with Crippen molar-refractivity contribution in [2.24, 2.45) is 0 Å². The Morgan fingerprint density at radius 3 is 2.02 bits per heavy atom. The number of hydrogen-bond acceptors (Lipinski definition) is 4. The predicted octanol–water partition coefficient (Wildman–Crippen LogP) is 5.70. The molecule has 0 unspecified atom stereocenters. The van der Waals surface area contributed by atoms with Crippen LogP contribution in [0.25, 0.3) is 0 Å². The van der Waals surface area contributed by atoms with Crippen molar-refractivity contribution in [1.29, 1.82) is 0 Å². The summed E-state index contributed by atoms with van der Waals surface area (Å²) in [4.78, 5) is 29.4. The number of amides is 2. The fraction of sp³-hybridized carbons (Fsp3) is 0.212. The van der Waals surface area contributed by atoms with Gasteiger partial charge >= 0.3 is 0 Å². The van der Waals surface area contributed by atoms with Gasteiger partial charge in [0.25, 0.3) is 10.0 Å². The van der Waals surface area contributed by atoms with Crippen LogP contribution in [0.15, 0.2) is 120 Å². The van der Waals surface area contributed by atoms with Crippen molar-refractivity contribution in [1.82, 2.24) is 10.2 Å². The molecule has 0 aliphatic carbocycles. The average Bonchev–Trinajstić information content (AvgIpc) is 3.01. The van der Waals surface area contributed by atoms with E-state index < -0.39 is 28.5 Å². The number of nitrogens with zero attached hydrogens (tertiary/aromatic N) is 2. The predicted molar refractivity (Wildman–Crippen MR) is 167 cm³/mol. The number of para-hydroxylation sites is 1. The maximum absolute atomic E-state index is 14.3. The van der Waals surface area contributed by atoms with Crippen molar-refractivity contribution >= 4 is 39.1 Å². The van der Waals surface area contributed by atoms with Crippen LogP contribution in [0.1, 0.15) is 24.5 Å². The van der Waals surface area contributed by atoms with Crippen LogP contribution in [0.5, 0.6) is 0 Å². The molecule has 42 heavy (non-hydrogen) atoms. The first-order chi connectivity index (χ1) is 20.3. The molecule has 0 heterocycles. The fourth-order valence-corrected chi connectivity index (χ4v) is 6.24. The van der Waals surface area contributed by atoms with Crippen LogP contribution in [-0.2, 0) is 32.6 Å². The van der Waals surface area contributed by atoms with Gasteiger partial charge in [-0.3, -0.25) is 13.9 Å². The highest BCUT2D eigenvalue weighted by atomic mass is 35.5. The monoisotopic (exact) mass is 603 g/mol. The van der Waals surface area contributed by atoms with Crippen molar-refractivity contribution in [2.75, 3.05) is 17.4 Å². The minimum atomic E-state index is -4.12. The third-order valence-corrected chi connectivity index (χ3v) is 8.74. The minimum Gasteiger partial charge on any atom is -0.354 e. The van der Waals surface area contributed by atoms with Gasteiger partial charge < -0.3 is 10.2 Å². The van der Waals surface area contributed by atoms with E-state index in [0.717, 1.165) is 21.9 Å². The second-order valence-corrected chi connectivity index (χ2v) is 12.1. The van der Waals surface area contributed by atoms with E-state index in [0.29, 0.717) is 17.3 Å². The van der Waals surface area contributed by atoms with E-state index in [-0.39, 0.29) is 23.8 Å². The summed E-state index contributed by atoms with van der Waals surface area (Å²) in [6.45, 7) is 1.95. The number of anilines is 1. The summed E-state index contributed by atoms with van der Waals surface area (Å²) in [5, 5.41) is 3.43. The summed E-state index contributed by atoms with van der Waals surface area (Å²) in [5.41, 5.74) is 1.93. The summed E-state index contributed by atoms with van der Waals surface area (Å²) in [6.07, 6.45) is 0.975. The maximum atomic E-state index is 14.3. The number of nitrogens with one attached hydrogen (secondary N) is 1. The normalized spacial score (nSPS) is 11.9. The molecule has 0 saturated carbocycles. The summed E-state index contributed by atoms with van der Waals surface area (Å²) in [5.74, 6) is -0.834. The van der Waals surface area contributed by atoms with E-state index in [9.17, 15) is 18.0 Å². The lowest BCUT2D eigenvalue weighted by molar-refractivity contribution is -0.140. The second-order valence-electron chi connectivity index (χ2n) is 9.81. The molecule has 0 aromatic heterocycles. The molecule has 2 amide bonds. The quantitative estimate of drug-likeness (QED) is 0.212. The van der Waals surface area contributed by atoms with Crippen LogP contribution in [-0.4, -0.2) is 44.3 Å². The molecule has 4 aromatic rings. The number of hydrogen-bond donors (Lipinski definition) is 1. The lowest BCUT2D eigenvalue weighted by Crippen LogP contribution is -2.53. The molecule has 7 nitrogen and oxygen atoms in total. The SMILES string of the molecule is CCCNC(=O)[C@@H](Cc1ccccc1)N(Cc1cccc(Cl)c1)C(=O)CN(c1ccccc1)S(=O)(=O)c1ccccc1. The standard InChI is InChI=1S/C33H34ClN3O4S/c1-2-21-35-33(39)31(23-26-13-6-3-7-14-26)36(24-27-15-12-16-28(34)22-27)32(38)25-37(29-17-8-4-9-18-29)42(40,41)30-19-10-5-11-20-30/h3-20,22,31H,2,21,23-25H2,1H3,(H,35,39)/t31-/m1/s1. The third kappa shape index (κ3) is 7.99. The Bertz CT molecular complexity index is 1570. The molecule has 0 radical (unpaired) electrons. The summed E-state index contributed by atoms with van der Waals surface area (Å²) in [7, 11) is -4.12. The second kappa shape index (κ2) is 14.7. The molecular formula is C33H34ClN3O4S. The molecule has 0 spiro atoms. The zero-order valence-electron chi connectivity index (χ0n) is 23.4. The van der Waals surface area contributed by atoms with Crippen LogP contribution in [0.3, 0.4) is 0 Å². The highest BCUT2D eigenvalue weighted by Gasteiger charge is 2.34. The third-order valence-electron chi connectivity index (χ3n) is 6.72. The molecule has 0 saturated heterocycles. The molecule has 4 rings (SSSR count). The molecular weight excluding hydrogens is 570 g/mol. The zero-order valence-corrected chi connectivity index (χ0v) is 25.0. The molecule has 9 heteroatoms. The Labute approximate surface area is 252 Å². The maximum Gasteiger partial charge on any atom is 0.264 e. The van der Waals surface area contributed by atoms with E-state index in [2.05, 4.69) is 5.32 Å². The highest BCUT2D eigenvalue weighted by molar-refractivity contribution is 7.92. The zero-order chi connectivity index (χ0) is 30.0. The van der Waals surface area contributed by atoms with E-state index in [1.54, 1.807) is 66.7 Å². The van der Waals surface area contributed by atoms with E-state index in [1.165, 1.54) is 17.0 Å². The Morgan fingerprint density at radius 1 is 0.810 bits per heavy atom. The molecule has 0 aliphatic rings. The molecule has 0 aliphatic heterocycles. The fourth-order valence-electron chi connectivity index (χ4n) is 4.59. The number of rotatable bonds is 13. The van der Waals surface area contributed by atoms with Crippen molar-refractivity contribution in [2.45, 2.75) is 37.2 Å². The van der Waals surface area contributed by atoms with Crippen LogP contribution < -0.4 is 9.62 Å². The van der Waals surface area contributed by atoms with Gasteiger partial charge in [-0.1, -0.05) is 97.4 Å². The smallest absolute Gasteiger partial charge is 0.264 e. The molecule has 0 fully saturated rings. The van der Waals surface area contributed by atoms with Gasteiger partial charge in [0.2, 0.25) is 11.8 Å². The van der Waals surface area contributed by atoms with E-state index >= 15 is 0 Å². The van der Waals surface area contributed by atoms with Crippen molar-refractivity contribution in [3.63, 3.8) is 0 Å². The minimum absolute atomic E-state index is 0.0598. The van der Waals surface area contributed by atoms with Crippen molar-refractivity contribution in [3.8, 4) is 0 Å². The van der Waals surface area contributed by atoms with Crippen LogP contribution >= 0.6 is 11.6 Å². The summed E-state index contributed by atoms with van der Waals surface area (Å²) in [6, 6.07) is 32.1. The lowest BCUT2D eigenvalue weighted by atomic mass is 10.0. The summed E-state index contributed by atoms with van der Waals surface area (Å²) >= 11 is 6.27. The number of carbonyl (C=O) groups is 2. The number of sulfonamides is 1. The molecule has 4 aromatic carbocycles. The molecule has 218 valence electrons. The van der Waals surface area contributed by atoms with Crippen molar-refractivity contribution < 1.29 is 18.0 Å². The Balaban J connectivity index is 1.77. The number of carbonyl (C=O) groups excluding carboxylic acids is 2. The Hall–Kier alpha value is -4.14. The van der Waals surface area contributed by atoms with Gasteiger partial charge in [0.1, 0.15) is 12.6 Å². The largest absolute Gasteiger partial charge is 0.354 e. The molecule has 1 N–H and O–H groups in total. The van der Waals surface area contributed by atoms with Gasteiger partial charge in [0.15, 0.2) is 0 Å². The first-order valence-electron chi connectivity index (χ1n) is 13.8. The summed E-state index contributed by atoms with van der Waals surface area (Å²) < 4.78 is 28.9. The van der Waals surface area contributed by atoms with Gasteiger partial charge in [-0.2, -0.15) is 0 Å².